The van der Waals surface area contributed by atoms with Crippen molar-refractivity contribution < 1.29 is 4.42 Å². The minimum atomic E-state index is 0.191. The van der Waals surface area contributed by atoms with Gasteiger partial charge in [-0.15, -0.1) is 0 Å². The van der Waals surface area contributed by atoms with Crippen LogP contribution >= 0.6 is 15.9 Å². The Bertz CT molecular complexity index is 1010. The molecule has 25 heavy (non-hydrogen) atoms. The molecule has 4 rings (SSSR count). The zero-order valence-electron chi connectivity index (χ0n) is 13.4. The highest BCUT2D eigenvalue weighted by Crippen LogP contribution is 2.34. The van der Waals surface area contributed by atoms with Crippen molar-refractivity contribution >= 4 is 27.0 Å². The summed E-state index contributed by atoms with van der Waals surface area (Å²) in [6.07, 6.45) is 6.88. The van der Waals surface area contributed by atoms with E-state index in [1.807, 2.05) is 42.5 Å². The molecule has 0 radical (unpaired) electrons. The lowest BCUT2D eigenvalue weighted by molar-refractivity contribution is 0.619. The zero-order chi connectivity index (χ0) is 17.2. The maximum Gasteiger partial charge on any atom is 0.227 e. The molecular weight excluding hydrogens is 376 g/mol. The molecule has 0 amide bonds. The van der Waals surface area contributed by atoms with E-state index in [2.05, 4.69) is 45.2 Å². The van der Waals surface area contributed by atoms with E-state index >= 15 is 0 Å². The molecule has 0 bridgehead atoms. The van der Waals surface area contributed by atoms with Crippen LogP contribution in [0.4, 0.5) is 0 Å². The first-order valence-corrected chi connectivity index (χ1v) is 9.24. The fourth-order valence-corrected chi connectivity index (χ4v) is 3.67. The molecular formula is C21H15BrN2O. The number of nitrogens with zero attached hydrogens (tertiary/aromatic N) is 2. The van der Waals surface area contributed by atoms with Crippen LogP contribution < -0.4 is 0 Å². The quantitative estimate of drug-likeness (QED) is 0.524. The summed E-state index contributed by atoms with van der Waals surface area (Å²) in [6, 6.07) is 16.3. The van der Waals surface area contributed by atoms with Crippen LogP contribution in [0.1, 0.15) is 23.5 Å². The number of halogens is 1. The second kappa shape index (κ2) is 6.70. The van der Waals surface area contributed by atoms with Gasteiger partial charge in [-0.2, -0.15) is 5.26 Å². The molecule has 0 saturated heterocycles. The molecule has 1 aliphatic rings. The topological polar surface area (TPSA) is 49.8 Å². The van der Waals surface area contributed by atoms with E-state index in [4.69, 9.17) is 4.42 Å². The van der Waals surface area contributed by atoms with Crippen molar-refractivity contribution in [3.05, 3.63) is 77.4 Å². The van der Waals surface area contributed by atoms with Gasteiger partial charge in [-0.1, -0.05) is 46.3 Å². The highest BCUT2D eigenvalue weighted by atomic mass is 79.9. The average molecular weight is 391 g/mol. The predicted octanol–water partition coefficient (Wildman–Crippen LogP) is 5.88. The fourth-order valence-electron chi connectivity index (χ4n) is 3.16. The van der Waals surface area contributed by atoms with Crippen LogP contribution in [0.25, 0.3) is 22.6 Å². The first kappa shape index (κ1) is 15.9. The minimum Gasteiger partial charge on any atom is -0.436 e. The number of rotatable bonds is 3. The van der Waals surface area contributed by atoms with Crippen molar-refractivity contribution in [1.29, 1.82) is 5.26 Å². The summed E-state index contributed by atoms with van der Waals surface area (Å²) in [5.74, 6) is 0.816. The molecule has 0 saturated carbocycles. The standard InChI is InChI=1S/C21H15BrN2O/c22-12-17-9-8-16(21-24-19-6-1-2-7-20(19)25-21)11-18(17)15-5-3-4-14(10-15)13-23/h1-4,6-11,15H,5,12H2. The van der Waals surface area contributed by atoms with Crippen molar-refractivity contribution in [3.8, 4) is 17.5 Å². The Kier molecular flexibility index (Phi) is 4.25. The van der Waals surface area contributed by atoms with Crippen LogP contribution in [-0.2, 0) is 5.33 Å². The number of fused-ring (bicyclic) bond motifs is 1. The summed E-state index contributed by atoms with van der Waals surface area (Å²) in [6.45, 7) is 0. The number of allylic oxidation sites excluding steroid dienone is 4. The maximum atomic E-state index is 9.19. The Morgan fingerprint density at radius 1 is 1.24 bits per heavy atom. The molecule has 1 aliphatic carbocycles. The number of para-hydroxylation sites is 2. The van der Waals surface area contributed by atoms with Crippen LogP contribution in [0, 0.1) is 11.3 Å². The van der Waals surface area contributed by atoms with Gasteiger partial charge in [0.25, 0.3) is 0 Å². The number of hydrogen-bond acceptors (Lipinski definition) is 3. The average Bonchev–Trinajstić information content (AvgIpc) is 3.11. The van der Waals surface area contributed by atoms with Gasteiger partial charge in [0, 0.05) is 22.4 Å². The van der Waals surface area contributed by atoms with Crippen LogP contribution in [0.3, 0.4) is 0 Å². The number of oxazole rings is 1. The SMILES string of the molecule is N#CC1=CC(c2cc(-c3nc4ccccc4o3)ccc2CBr)CC=C1. The first-order valence-electron chi connectivity index (χ1n) is 8.11. The van der Waals surface area contributed by atoms with Gasteiger partial charge in [0.05, 0.1) is 6.07 Å². The molecule has 2 aromatic carbocycles. The third kappa shape index (κ3) is 3.04. The molecule has 0 N–H and O–H groups in total. The van der Waals surface area contributed by atoms with Gasteiger partial charge in [0.1, 0.15) is 5.52 Å². The first-order chi connectivity index (χ1) is 12.3. The van der Waals surface area contributed by atoms with Gasteiger partial charge in [-0.25, -0.2) is 4.98 Å². The molecule has 3 nitrogen and oxygen atoms in total. The minimum absolute atomic E-state index is 0.191. The van der Waals surface area contributed by atoms with E-state index in [0.717, 1.165) is 28.4 Å². The highest BCUT2D eigenvalue weighted by molar-refractivity contribution is 9.08. The monoisotopic (exact) mass is 390 g/mol. The van der Waals surface area contributed by atoms with E-state index in [1.165, 1.54) is 11.1 Å². The molecule has 0 aliphatic heterocycles. The summed E-state index contributed by atoms with van der Waals surface area (Å²) >= 11 is 3.57. The highest BCUT2D eigenvalue weighted by Gasteiger charge is 2.17. The smallest absolute Gasteiger partial charge is 0.227 e. The molecule has 3 aromatic rings. The fraction of sp³-hybridized carbons (Fsp3) is 0.143. The van der Waals surface area contributed by atoms with E-state index < -0.39 is 0 Å². The normalized spacial score (nSPS) is 16.6. The lowest BCUT2D eigenvalue weighted by Crippen LogP contribution is -2.03. The van der Waals surface area contributed by atoms with Crippen LogP contribution in [0.5, 0.6) is 0 Å². The maximum absolute atomic E-state index is 9.19. The Balaban J connectivity index is 1.79. The number of aromatic nitrogens is 1. The number of nitriles is 1. The molecule has 1 heterocycles. The van der Waals surface area contributed by atoms with Crippen molar-refractivity contribution in [2.75, 3.05) is 0 Å². The predicted molar refractivity (Wildman–Crippen MR) is 102 cm³/mol. The van der Waals surface area contributed by atoms with Crippen LogP contribution in [-0.4, -0.2) is 4.98 Å². The summed E-state index contributed by atoms with van der Waals surface area (Å²) in [5, 5.41) is 9.96. The lowest BCUT2D eigenvalue weighted by Gasteiger charge is -2.18. The Hall–Kier alpha value is -2.64. The number of hydrogen-bond donors (Lipinski definition) is 0. The summed E-state index contributed by atoms with van der Waals surface area (Å²) in [5.41, 5.74) is 5.73. The van der Waals surface area contributed by atoms with E-state index in [0.29, 0.717) is 11.5 Å². The second-order valence-electron chi connectivity index (χ2n) is 6.01. The Labute approximate surface area is 154 Å². The molecule has 0 spiro atoms. The molecule has 1 aromatic heterocycles. The number of benzene rings is 2. The Morgan fingerprint density at radius 2 is 2.12 bits per heavy atom. The molecule has 1 unspecified atom stereocenters. The summed E-state index contributed by atoms with van der Waals surface area (Å²) in [4.78, 5) is 4.60. The molecule has 1 atom stereocenters. The summed E-state index contributed by atoms with van der Waals surface area (Å²) < 4.78 is 5.91. The Morgan fingerprint density at radius 3 is 2.92 bits per heavy atom. The second-order valence-corrected chi connectivity index (χ2v) is 6.57. The third-order valence-electron chi connectivity index (χ3n) is 4.43. The van der Waals surface area contributed by atoms with Crippen molar-refractivity contribution in [1.82, 2.24) is 4.98 Å². The number of alkyl halides is 1. The van der Waals surface area contributed by atoms with E-state index in [-0.39, 0.29) is 5.92 Å². The zero-order valence-corrected chi connectivity index (χ0v) is 15.0. The van der Waals surface area contributed by atoms with Gasteiger partial charge >= 0.3 is 0 Å². The molecule has 0 fully saturated rings. The third-order valence-corrected chi connectivity index (χ3v) is 5.03. The van der Waals surface area contributed by atoms with E-state index in [9.17, 15) is 5.26 Å². The van der Waals surface area contributed by atoms with Gasteiger partial charge in [-0.05, 0) is 47.9 Å². The summed E-state index contributed by atoms with van der Waals surface area (Å²) in [7, 11) is 0. The van der Waals surface area contributed by atoms with Gasteiger partial charge in [0.15, 0.2) is 5.58 Å². The van der Waals surface area contributed by atoms with Gasteiger partial charge in [0.2, 0.25) is 5.89 Å². The largest absolute Gasteiger partial charge is 0.436 e. The van der Waals surface area contributed by atoms with Crippen LogP contribution in [0.2, 0.25) is 0 Å². The molecule has 4 heteroatoms. The van der Waals surface area contributed by atoms with Gasteiger partial charge in [-0.3, -0.25) is 0 Å². The van der Waals surface area contributed by atoms with E-state index in [1.54, 1.807) is 0 Å². The lowest BCUT2D eigenvalue weighted by atomic mass is 9.86. The van der Waals surface area contributed by atoms with Crippen molar-refractivity contribution in [2.24, 2.45) is 0 Å². The van der Waals surface area contributed by atoms with Crippen LogP contribution in [0.15, 0.2) is 70.7 Å². The van der Waals surface area contributed by atoms with Gasteiger partial charge < -0.3 is 4.42 Å². The molecule has 122 valence electrons. The van der Waals surface area contributed by atoms with Crippen molar-refractivity contribution in [3.63, 3.8) is 0 Å². The van der Waals surface area contributed by atoms with Crippen molar-refractivity contribution in [2.45, 2.75) is 17.7 Å².